The fourth-order valence-electron chi connectivity index (χ4n) is 4.78. The standard InChI is InChI=1S/C33H33Cl2N3O5S/c1-23-14-17-31(43-3)29(18-23)38(44(41,42)27-12-8-5-9-13-27)22-32(39)37(21-25-15-16-26(34)20-28(25)35)30(33(40)36-2)19-24-10-6-4-7-11-24/h4-18,20,30H,19,21-22H2,1-3H3,(H,36,40)/t30-/m0/s1. The van der Waals surface area contributed by atoms with Crippen LogP contribution in [0.5, 0.6) is 5.75 Å². The van der Waals surface area contributed by atoms with Gasteiger partial charge in [-0.05, 0) is 60.0 Å². The topological polar surface area (TPSA) is 96.0 Å². The lowest BCUT2D eigenvalue weighted by molar-refractivity contribution is -0.139. The maximum atomic E-state index is 14.5. The molecule has 1 N–H and O–H groups in total. The van der Waals surface area contributed by atoms with Gasteiger partial charge in [-0.1, -0.05) is 83.9 Å². The summed E-state index contributed by atoms with van der Waals surface area (Å²) in [4.78, 5) is 29.2. The van der Waals surface area contributed by atoms with E-state index in [9.17, 15) is 18.0 Å². The molecule has 0 radical (unpaired) electrons. The predicted octanol–water partition coefficient (Wildman–Crippen LogP) is 5.89. The number of amides is 2. The zero-order valence-electron chi connectivity index (χ0n) is 24.5. The second-order valence-corrected chi connectivity index (χ2v) is 12.8. The first kappa shape index (κ1) is 32.9. The maximum Gasteiger partial charge on any atom is 0.264 e. The first-order valence-electron chi connectivity index (χ1n) is 13.8. The van der Waals surface area contributed by atoms with Gasteiger partial charge in [0.05, 0.1) is 17.7 Å². The molecule has 1 atom stereocenters. The predicted molar refractivity (Wildman–Crippen MR) is 174 cm³/mol. The Morgan fingerprint density at radius 1 is 0.909 bits per heavy atom. The third-order valence-corrected chi connectivity index (χ3v) is 9.45. The third-order valence-electron chi connectivity index (χ3n) is 7.09. The Bertz CT molecular complexity index is 1720. The van der Waals surface area contributed by atoms with Crippen LogP contribution in [0.25, 0.3) is 0 Å². The van der Waals surface area contributed by atoms with Crippen LogP contribution in [0.2, 0.25) is 10.0 Å². The highest BCUT2D eigenvalue weighted by Crippen LogP contribution is 2.34. The summed E-state index contributed by atoms with van der Waals surface area (Å²) in [6, 6.07) is 26.1. The largest absolute Gasteiger partial charge is 0.495 e. The van der Waals surface area contributed by atoms with Gasteiger partial charge in [-0.3, -0.25) is 13.9 Å². The smallest absolute Gasteiger partial charge is 0.264 e. The van der Waals surface area contributed by atoms with Gasteiger partial charge in [-0.2, -0.15) is 0 Å². The van der Waals surface area contributed by atoms with Gasteiger partial charge in [0.1, 0.15) is 18.3 Å². The van der Waals surface area contributed by atoms with Crippen LogP contribution in [-0.2, 0) is 32.6 Å². The van der Waals surface area contributed by atoms with E-state index in [2.05, 4.69) is 5.32 Å². The van der Waals surface area contributed by atoms with E-state index in [1.165, 1.54) is 31.2 Å². The van der Waals surface area contributed by atoms with Crippen molar-refractivity contribution in [2.45, 2.75) is 30.8 Å². The monoisotopic (exact) mass is 653 g/mol. The van der Waals surface area contributed by atoms with E-state index in [1.54, 1.807) is 54.6 Å². The molecule has 0 aliphatic carbocycles. The van der Waals surface area contributed by atoms with Gasteiger partial charge in [0, 0.05) is 30.1 Å². The number of likely N-dealkylation sites (N-methyl/N-ethyl adjacent to an activating group) is 1. The van der Waals surface area contributed by atoms with Crippen LogP contribution in [0.15, 0.2) is 102 Å². The minimum atomic E-state index is -4.27. The molecule has 0 bridgehead atoms. The highest BCUT2D eigenvalue weighted by Gasteiger charge is 2.35. The SMILES string of the molecule is CNC(=O)[C@H](Cc1ccccc1)N(Cc1ccc(Cl)cc1Cl)C(=O)CN(c1cc(C)ccc1OC)S(=O)(=O)c1ccccc1. The molecule has 0 spiro atoms. The van der Waals surface area contributed by atoms with Crippen molar-refractivity contribution in [3.63, 3.8) is 0 Å². The fourth-order valence-corrected chi connectivity index (χ4v) is 6.69. The van der Waals surface area contributed by atoms with Crippen molar-refractivity contribution in [1.82, 2.24) is 10.2 Å². The van der Waals surface area contributed by atoms with Crippen molar-refractivity contribution in [2.75, 3.05) is 25.0 Å². The number of hydrogen-bond acceptors (Lipinski definition) is 5. The molecule has 230 valence electrons. The van der Waals surface area contributed by atoms with Crippen LogP contribution in [0.1, 0.15) is 16.7 Å². The molecule has 2 amide bonds. The number of nitrogens with zero attached hydrogens (tertiary/aromatic N) is 2. The van der Waals surface area contributed by atoms with Crippen molar-refractivity contribution in [3.8, 4) is 5.75 Å². The molecule has 4 aromatic carbocycles. The summed E-state index contributed by atoms with van der Waals surface area (Å²) in [5.74, 6) is -0.774. The molecule has 0 aromatic heterocycles. The number of hydrogen-bond donors (Lipinski definition) is 1. The summed E-state index contributed by atoms with van der Waals surface area (Å²) in [5.41, 5.74) is 2.31. The van der Waals surface area contributed by atoms with Gasteiger partial charge in [-0.25, -0.2) is 8.42 Å². The van der Waals surface area contributed by atoms with Gasteiger partial charge >= 0.3 is 0 Å². The van der Waals surface area contributed by atoms with Crippen molar-refractivity contribution >= 4 is 50.7 Å². The summed E-state index contributed by atoms with van der Waals surface area (Å²) in [7, 11) is -1.35. The third kappa shape index (κ3) is 7.72. The zero-order chi connectivity index (χ0) is 31.9. The lowest BCUT2D eigenvalue weighted by Crippen LogP contribution is -2.53. The Labute approximate surface area is 268 Å². The van der Waals surface area contributed by atoms with E-state index in [4.69, 9.17) is 27.9 Å². The Morgan fingerprint density at radius 3 is 2.18 bits per heavy atom. The number of nitrogens with one attached hydrogen (secondary N) is 1. The lowest BCUT2D eigenvalue weighted by atomic mass is 10.0. The van der Waals surface area contributed by atoms with Gasteiger partial charge in [0.25, 0.3) is 10.0 Å². The number of aryl methyl sites for hydroxylation is 1. The molecular weight excluding hydrogens is 621 g/mol. The normalized spacial score (nSPS) is 11.8. The maximum absolute atomic E-state index is 14.5. The summed E-state index contributed by atoms with van der Waals surface area (Å²) < 4.78 is 34.9. The average molecular weight is 655 g/mol. The molecule has 0 heterocycles. The highest BCUT2D eigenvalue weighted by molar-refractivity contribution is 7.92. The van der Waals surface area contributed by atoms with E-state index >= 15 is 0 Å². The number of halogens is 2. The molecular formula is C33H33Cl2N3O5S. The van der Waals surface area contributed by atoms with Gasteiger partial charge in [0.2, 0.25) is 11.8 Å². The van der Waals surface area contributed by atoms with Crippen molar-refractivity contribution < 1.29 is 22.7 Å². The molecule has 0 saturated heterocycles. The summed E-state index contributed by atoms with van der Waals surface area (Å²) in [5, 5.41) is 3.38. The Balaban J connectivity index is 1.85. The first-order valence-corrected chi connectivity index (χ1v) is 16.0. The molecule has 4 rings (SSSR count). The molecule has 0 fully saturated rings. The molecule has 4 aromatic rings. The van der Waals surface area contributed by atoms with E-state index in [0.29, 0.717) is 15.6 Å². The van der Waals surface area contributed by atoms with Gasteiger partial charge in [-0.15, -0.1) is 0 Å². The number of methoxy groups -OCH3 is 1. The number of rotatable bonds is 12. The van der Waals surface area contributed by atoms with Gasteiger partial charge < -0.3 is 15.0 Å². The van der Waals surface area contributed by atoms with Crippen LogP contribution in [0.4, 0.5) is 5.69 Å². The second kappa shape index (κ2) is 14.6. The Morgan fingerprint density at radius 2 is 1.57 bits per heavy atom. The highest BCUT2D eigenvalue weighted by atomic mass is 35.5. The quantitative estimate of drug-likeness (QED) is 0.206. The van der Waals surface area contributed by atoms with E-state index < -0.39 is 34.4 Å². The number of anilines is 1. The number of carbonyl (C=O) groups is 2. The number of sulfonamides is 1. The van der Waals surface area contributed by atoms with Crippen molar-refractivity contribution in [1.29, 1.82) is 0 Å². The Hall–Kier alpha value is -4.05. The summed E-state index contributed by atoms with van der Waals surface area (Å²) in [6.07, 6.45) is 0.177. The molecule has 0 aliphatic rings. The minimum absolute atomic E-state index is 0.00390. The molecule has 0 unspecified atom stereocenters. The molecule has 8 nitrogen and oxygen atoms in total. The second-order valence-electron chi connectivity index (χ2n) is 10.1. The van der Waals surface area contributed by atoms with E-state index in [-0.39, 0.29) is 29.3 Å². The van der Waals surface area contributed by atoms with Crippen LogP contribution in [0, 0.1) is 6.92 Å². The zero-order valence-corrected chi connectivity index (χ0v) is 26.9. The first-order chi connectivity index (χ1) is 21.0. The van der Waals surface area contributed by atoms with Crippen molar-refractivity contribution in [2.24, 2.45) is 0 Å². The molecule has 0 aliphatic heterocycles. The lowest BCUT2D eigenvalue weighted by Gasteiger charge is -2.34. The van der Waals surface area contributed by atoms with E-state index in [0.717, 1.165) is 15.4 Å². The summed E-state index contributed by atoms with van der Waals surface area (Å²) >= 11 is 12.7. The van der Waals surface area contributed by atoms with Crippen LogP contribution in [0.3, 0.4) is 0 Å². The van der Waals surface area contributed by atoms with Crippen LogP contribution < -0.4 is 14.4 Å². The molecule has 0 saturated carbocycles. The number of carbonyl (C=O) groups excluding carboxylic acids is 2. The fraction of sp³-hybridized carbons (Fsp3) is 0.212. The van der Waals surface area contributed by atoms with Gasteiger partial charge in [0.15, 0.2) is 0 Å². The van der Waals surface area contributed by atoms with Crippen LogP contribution in [-0.4, -0.2) is 51.9 Å². The molecule has 44 heavy (non-hydrogen) atoms. The number of ether oxygens (including phenoxy) is 1. The minimum Gasteiger partial charge on any atom is -0.495 e. The van der Waals surface area contributed by atoms with E-state index in [1.807, 2.05) is 37.3 Å². The number of benzene rings is 4. The molecule has 11 heteroatoms. The van der Waals surface area contributed by atoms with Crippen LogP contribution >= 0.6 is 23.2 Å². The average Bonchev–Trinajstić information content (AvgIpc) is 3.02. The van der Waals surface area contributed by atoms with Crippen molar-refractivity contribution in [3.05, 3.63) is 124 Å². The Kier molecular flexibility index (Phi) is 10.9. The summed E-state index contributed by atoms with van der Waals surface area (Å²) in [6.45, 7) is 1.11.